The molecule has 2 aromatic rings. The molecular weight excluding hydrogens is 274 g/mol. The van der Waals surface area contributed by atoms with Crippen molar-refractivity contribution in [1.29, 1.82) is 0 Å². The number of nitrogens with one attached hydrogen (secondary N) is 1. The van der Waals surface area contributed by atoms with Gasteiger partial charge in [0.1, 0.15) is 5.75 Å². The van der Waals surface area contributed by atoms with Crippen LogP contribution >= 0.6 is 11.6 Å². The number of amides is 1. The molecule has 20 heavy (non-hydrogen) atoms. The van der Waals surface area contributed by atoms with E-state index in [4.69, 9.17) is 16.7 Å². The summed E-state index contributed by atoms with van der Waals surface area (Å²) in [6.45, 7) is 0.581. The van der Waals surface area contributed by atoms with Crippen molar-refractivity contribution in [2.45, 2.75) is 12.8 Å². The zero-order valence-electron chi connectivity index (χ0n) is 11.0. The summed E-state index contributed by atoms with van der Waals surface area (Å²) in [4.78, 5) is 11.8. The van der Waals surface area contributed by atoms with E-state index in [9.17, 15) is 4.79 Å². The van der Waals surface area contributed by atoms with Crippen molar-refractivity contribution in [3.63, 3.8) is 0 Å². The first-order valence-electron chi connectivity index (χ1n) is 6.42. The molecule has 0 aliphatic rings. The second-order valence-electron chi connectivity index (χ2n) is 4.57. The molecule has 0 aliphatic heterocycles. The minimum absolute atomic E-state index is 0.0299. The first kappa shape index (κ1) is 14.4. The van der Waals surface area contributed by atoms with E-state index in [2.05, 4.69) is 5.32 Å². The van der Waals surface area contributed by atoms with E-state index in [1.54, 1.807) is 24.3 Å². The van der Waals surface area contributed by atoms with Gasteiger partial charge in [0, 0.05) is 11.6 Å². The summed E-state index contributed by atoms with van der Waals surface area (Å²) in [5, 5.41) is 12.7. The van der Waals surface area contributed by atoms with E-state index in [0.717, 1.165) is 17.5 Å². The van der Waals surface area contributed by atoms with Crippen molar-refractivity contribution in [3.8, 4) is 5.75 Å². The number of phenolic OH excluding ortho intramolecular Hbond substituents is 1. The molecule has 0 aromatic heterocycles. The minimum Gasteiger partial charge on any atom is -0.508 e. The van der Waals surface area contributed by atoms with Gasteiger partial charge in [0.05, 0.1) is 6.42 Å². The summed E-state index contributed by atoms with van der Waals surface area (Å²) < 4.78 is 0. The van der Waals surface area contributed by atoms with E-state index in [0.29, 0.717) is 18.0 Å². The average molecular weight is 290 g/mol. The van der Waals surface area contributed by atoms with Gasteiger partial charge in [-0.1, -0.05) is 35.9 Å². The third-order valence-corrected chi connectivity index (χ3v) is 3.16. The Labute approximate surface area is 123 Å². The van der Waals surface area contributed by atoms with Crippen molar-refractivity contribution < 1.29 is 9.90 Å². The van der Waals surface area contributed by atoms with Crippen LogP contribution in [0.15, 0.2) is 48.5 Å². The van der Waals surface area contributed by atoms with Crippen molar-refractivity contribution in [2.24, 2.45) is 0 Å². The van der Waals surface area contributed by atoms with Crippen LogP contribution in [-0.4, -0.2) is 17.6 Å². The summed E-state index contributed by atoms with van der Waals surface area (Å²) >= 11 is 5.90. The van der Waals surface area contributed by atoms with Crippen molar-refractivity contribution in [3.05, 3.63) is 64.7 Å². The number of carbonyl (C=O) groups excluding carboxylic acids is 1. The van der Waals surface area contributed by atoms with Gasteiger partial charge in [0.15, 0.2) is 0 Å². The Morgan fingerprint density at radius 2 is 1.85 bits per heavy atom. The molecule has 0 saturated heterocycles. The monoisotopic (exact) mass is 289 g/mol. The van der Waals surface area contributed by atoms with Gasteiger partial charge in [-0.25, -0.2) is 0 Å². The molecule has 3 nitrogen and oxygen atoms in total. The highest BCUT2D eigenvalue weighted by molar-refractivity contribution is 6.30. The predicted octanol–water partition coefficient (Wildman–Crippen LogP) is 2.95. The summed E-state index contributed by atoms with van der Waals surface area (Å²) in [5.41, 5.74) is 1.98. The van der Waals surface area contributed by atoms with E-state index in [-0.39, 0.29) is 11.7 Å². The van der Waals surface area contributed by atoms with Crippen LogP contribution in [0.4, 0.5) is 0 Å². The van der Waals surface area contributed by atoms with Crippen LogP contribution in [0, 0.1) is 0 Å². The molecule has 0 saturated carbocycles. The SMILES string of the molecule is O=C(Cc1ccc(O)cc1)NCCc1cccc(Cl)c1. The van der Waals surface area contributed by atoms with Gasteiger partial charge in [0.25, 0.3) is 0 Å². The molecule has 4 heteroatoms. The number of phenols is 1. The predicted molar refractivity (Wildman–Crippen MR) is 80.0 cm³/mol. The maximum absolute atomic E-state index is 11.8. The van der Waals surface area contributed by atoms with E-state index < -0.39 is 0 Å². The summed E-state index contributed by atoms with van der Waals surface area (Å²) in [5.74, 6) is 0.174. The van der Waals surface area contributed by atoms with Gasteiger partial charge in [0.2, 0.25) is 5.91 Å². The highest BCUT2D eigenvalue weighted by atomic mass is 35.5. The largest absolute Gasteiger partial charge is 0.508 e. The highest BCUT2D eigenvalue weighted by Gasteiger charge is 2.03. The first-order valence-corrected chi connectivity index (χ1v) is 6.80. The van der Waals surface area contributed by atoms with Crippen LogP contribution < -0.4 is 5.32 Å². The fourth-order valence-electron chi connectivity index (χ4n) is 1.90. The first-order chi connectivity index (χ1) is 9.63. The van der Waals surface area contributed by atoms with Crippen LogP contribution in [0.5, 0.6) is 5.75 Å². The lowest BCUT2D eigenvalue weighted by Crippen LogP contribution is -2.27. The highest BCUT2D eigenvalue weighted by Crippen LogP contribution is 2.11. The van der Waals surface area contributed by atoms with E-state index >= 15 is 0 Å². The molecule has 0 atom stereocenters. The van der Waals surface area contributed by atoms with Crippen LogP contribution in [0.1, 0.15) is 11.1 Å². The molecule has 0 aliphatic carbocycles. The molecule has 104 valence electrons. The van der Waals surface area contributed by atoms with Crippen LogP contribution in [-0.2, 0) is 17.6 Å². The third-order valence-electron chi connectivity index (χ3n) is 2.93. The van der Waals surface area contributed by atoms with Gasteiger partial charge in [-0.15, -0.1) is 0 Å². The Hall–Kier alpha value is -2.00. The topological polar surface area (TPSA) is 49.3 Å². The lowest BCUT2D eigenvalue weighted by atomic mass is 10.1. The second kappa shape index (κ2) is 6.96. The number of hydrogen-bond donors (Lipinski definition) is 2. The van der Waals surface area contributed by atoms with Crippen molar-refractivity contribution >= 4 is 17.5 Å². The summed E-state index contributed by atoms with van der Waals surface area (Å²) in [7, 11) is 0. The summed E-state index contributed by atoms with van der Waals surface area (Å²) in [6.07, 6.45) is 1.07. The van der Waals surface area contributed by atoms with Gasteiger partial charge >= 0.3 is 0 Å². The Bertz CT molecular complexity index is 581. The molecular formula is C16H16ClNO2. The Morgan fingerprint density at radius 3 is 2.55 bits per heavy atom. The molecule has 0 fully saturated rings. The van der Waals surface area contributed by atoms with E-state index in [1.807, 2.05) is 24.3 Å². The smallest absolute Gasteiger partial charge is 0.224 e. The standard InChI is InChI=1S/C16H16ClNO2/c17-14-3-1-2-12(10-14)8-9-18-16(20)11-13-4-6-15(19)7-5-13/h1-7,10,19H,8-9,11H2,(H,18,20). The quantitative estimate of drug-likeness (QED) is 0.889. The van der Waals surface area contributed by atoms with Gasteiger partial charge in [-0.05, 0) is 41.8 Å². The molecule has 2 aromatic carbocycles. The third kappa shape index (κ3) is 4.59. The molecule has 0 spiro atoms. The zero-order valence-corrected chi connectivity index (χ0v) is 11.7. The van der Waals surface area contributed by atoms with Crippen LogP contribution in [0.3, 0.4) is 0 Å². The molecule has 0 heterocycles. The number of aromatic hydroxyl groups is 1. The molecule has 0 bridgehead atoms. The number of benzene rings is 2. The van der Waals surface area contributed by atoms with Gasteiger partial charge < -0.3 is 10.4 Å². The zero-order chi connectivity index (χ0) is 14.4. The number of carbonyl (C=O) groups is 1. The van der Waals surface area contributed by atoms with E-state index in [1.165, 1.54) is 0 Å². The average Bonchev–Trinajstić information content (AvgIpc) is 2.41. The second-order valence-corrected chi connectivity index (χ2v) is 5.01. The fourth-order valence-corrected chi connectivity index (χ4v) is 2.11. The van der Waals surface area contributed by atoms with Crippen LogP contribution in [0.25, 0.3) is 0 Å². The maximum atomic E-state index is 11.8. The fraction of sp³-hybridized carbons (Fsp3) is 0.188. The lowest BCUT2D eigenvalue weighted by Gasteiger charge is -2.06. The van der Waals surface area contributed by atoms with Gasteiger partial charge in [-0.2, -0.15) is 0 Å². The van der Waals surface area contributed by atoms with Crippen molar-refractivity contribution in [1.82, 2.24) is 5.32 Å². The Balaban J connectivity index is 1.76. The van der Waals surface area contributed by atoms with Gasteiger partial charge in [-0.3, -0.25) is 4.79 Å². The molecule has 2 rings (SSSR count). The molecule has 2 N–H and O–H groups in total. The number of halogens is 1. The van der Waals surface area contributed by atoms with Crippen LogP contribution in [0.2, 0.25) is 5.02 Å². The molecule has 0 radical (unpaired) electrons. The molecule has 0 unspecified atom stereocenters. The minimum atomic E-state index is -0.0299. The summed E-state index contributed by atoms with van der Waals surface area (Å²) in [6, 6.07) is 14.2. The Kier molecular flexibility index (Phi) is 5.02. The molecule has 1 amide bonds. The number of hydrogen-bond acceptors (Lipinski definition) is 2. The van der Waals surface area contributed by atoms with Crippen molar-refractivity contribution in [2.75, 3.05) is 6.54 Å². The maximum Gasteiger partial charge on any atom is 0.224 e. The Morgan fingerprint density at radius 1 is 1.10 bits per heavy atom. The normalized spacial score (nSPS) is 10.2. The number of rotatable bonds is 5. The lowest BCUT2D eigenvalue weighted by molar-refractivity contribution is -0.120.